The van der Waals surface area contributed by atoms with Gasteiger partial charge in [-0.15, -0.1) is 11.3 Å². The van der Waals surface area contributed by atoms with Gasteiger partial charge in [0.15, 0.2) is 0 Å². The lowest BCUT2D eigenvalue weighted by atomic mass is 10.3. The summed E-state index contributed by atoms with van der Waals surface area (Å²) in [6.07, 6.45) is 5.23. The molecule has 0 atom stereocenters. The normalized spacial score (nSPS) is 12.8. The molecular formula is C14H22N6OS2. The van der Waals surface area contributed by atoms with Crippen molar-refractivity contribution in [3.8, 4) is 0 Å². The minimum absolute atomic E-state index is 0.0772. The van der Waals surface area contributed by atoms with E-state index in [4.69, 9.17) is 17.3 Å². The van der Waals surface area contributed by atoms with Crippen LogP contribution >= 0.6 is 23.3 Å². The molecule has 1 heterocycles. The van der Waals surface area contributed by atoms with Crippen LogP contribution in [0, 0.1) is 0 Å². The van der Waals surface area contributed by atoms with Crippen molar-refractivity contribution in [2.45, 2.75) is 18.1 Å². The molecule has 0 bridgehead atoms. The van der Waals surface area contributed by atoms with Gasteiger partial charge in [0, 0.05) is 24.7 Å². The fourth-order valence-corrected chi connectivity index (χ4v) is 3.50. The van der Waals surface area contributed by atoms with Crippen LogP contribution in [0.3, 0.4) is 0 Å². The summed E-state index contributed by atoms with van der Waals surface area (Å²) in [6, 6.07) is 4.05. The van der Waals surface area contributed by atoms with Gasteiger partial charge in [-0.25, -0.2) is 5.84 Å². The highest BCUT2D eigenvalue weighted by molar-refractivity contribution is 7.99. The molecule has 0 saturated carbocycles. The highest BCUT2D eigenvalue weighted by atomic mass is 32.2. The van der Waals surface area contributed by atoms with Crippen molar-refractivity contribution < 1.29 is 4.79 Å². The molecule has 0 aromatic carbocycles. The Kier molecular flexibility index (Phi) is 8.41. The first kappa shape index (κ1) is 19.2. The van der Waals surface area contributed by atoms with Gasteiger partial charge in [0.05, 0.1) is 14.8 Å². The van der Waals surface area contributed by atoms with Crippen LogP contribution in [0.25, 0.3) is 5.70 Å². The maximum atomic E-state index is 10.7. The lowest BCUT2D eigenvalue weighted by Gasteiger charge is -2.12. The van der Waals surface area contributed by atoms with Gasteiger partial charge in [-0.05, 0) is 37.9 Å². The summed E-state index contributed by atoms with van der Waals surface area (Å²) in [5.41, 5.74) is 12.3. The second kappa shape index (κ2) is 10.1. The van der Waals surface area contributed by atoms with Gasteiger partial charge in [-0.2, -0.15) is 0 Å². The Morgan fingerprint density at radius 2 is 2.17 bits per heavy atom. The lowest BCUT2D eigenvalue weighted by molar-refractivity contribution is -0.118. The number of hydrogen-bond donors (Lipinski definition) is 4. The monoisotopic (exact) mass is 354 g/mol. The number of nitrogens with two attached hydrogens (primary N) is 3. The first-order chi connectivity index (χ1) is 11.0. The van der Waals surface area contributed by atoms with Crippen molar-refractivity contribution in [2.75, 3.05) is 13.1 Å². The highest BCUT2D eigenvalue weighted by Gasteiger charge is 2.05. The first-order valence-electron chi connectivity index (χ1n) is 6.87. The van der Waals surface area contributed by atoms with E-state index in [0.29, 0.717) is 12.2 Å². The zero-order valence-corrected chi connectivity index (χ0v) is 14.8. The SMILES string of the molecule is CC=N/C(=C\C)c1ccc(SNC/C(N)=C/N(N)CC(N)=O)s1. The number of allylic oxidation sites excluding steroid dienone is 1. The van der Waals surface area contributed by atoms with Crippen molar-refractivity contribution in [2.24, 2.45) is 22.3 Å². The zero-order chi connectivity index (χ0) is 17.2. The van der Waals surface area contributed by atoms with Gasteiger partial charge >= 0.3 is 0 Å². The molecule has 7 nitrogen and oxygen atoms in total. The van der Waals surface area contributed by atoms with Crippen molar-refractivity contribution in [3.63, 3.8) is 0 Å². The summed E-state index contributed by atoms with van der Waals surface area (Å²) < 4.78 is 4.24. The number of nitrogens with one attached hydrogen (secondary N) is 1. The van der Waals surface area contributed by atoms with Crippen molar-refractivity contribution in [1.82, 2.24) is 9.73 Å². The Labute approximate surface area is 144 Å². The molecule has 0 aliphatic heterocycles. The number of hydrogen-bond acceptors (Lipinski definition) is 8. The third-order valence-electron chi connectivity index (χ3n) is 2.49. The third kappa shape index (κ3) is 7.33. The van der Waals surface area contributed by atoms with E-state index in [0.717, 1.165) is 19.8 Å². The maximum absolute atomic E-state index is 10.7. The van der Waals surface area contributed by atoms with Gasteiger partial charge < -0.3 is 16.5 Å². The Hall–Kier alpha value is -1.81. The van der Waals surface area contributed by atoms with Gasteiger partial charge in [0.25, 0.3) is 0 Å². The Balaban J connectivity index is 2.49. The van der Waals surface area contributed by atoms with Crippen LogP contribution in [0.1, 0.15) is 18.7 Å². The Bertz CT molecular complexity index is 608. The molecule has 23 heavy (non-hydrogen) atoms. The molecule has 1 aromatic heterocycles. The molecule has 0 saturated heterocycles. The third-order valence-corrected chi connectivity index (χ3v) is 4.52. The van der Waals surface area contributed by atoms with Crippen LogP contribution in [0.15, 0.2) is 39.3 Å². The van der Waals surface area contributed by atoms with E-state index in [9.17, 15) is 4.79 Å². The molecule has 9 heteroatoms. The summed E-state index contributed by atoms with van der Waals surface area (Å²) in [5, 5.41) is 1.16. The van der Waals surface area contributed by atoms with Crippen LogP contribution in [0.4, 0.5) is 0 Å². The van der Waals surface area contributed by atoms with Crippen LogP contribution in [0.2, 0.25) is 0 Å². The molecule has 1 rings (SSSR count). The molecule has 0 radical (unpaired) electrons. The molecule has 0 unspecified atom stereocenters. The van der Waals surface area contributed by atoms with Crippen molar-refractivity contribution >= 4 is 41.1 Å². The fourth-order valence-electron chi connectivity index (χ4n) is 1.61. The number of primary amides is 1. The number of nitrogens with zero attached hydrogens (tertiary/aromatic N) is 2. The average Bonchev–Trinajstić information content (AvgIpc) is 2.92. The smallest absolute Gasteiger partial charge is 0.238 e. The minimum atomic E-state index is -0.514. The molecule has 0 aliphatic rings. The van der Waals surface area contributed by atoms with Crippen molar-refractivity contribution in [3.05, 3.63) is 35.0 Å². The van der Waals surface area contributed by atoms with E-state index in [1.54, 1.807) is 17.6 Å². The summed E-state index contributed by atoms with van der Waals surface area (Å²) in [7, 11) is 0. The van der Waals surface area contributed by atoms with Crippen LogP contribution < -0.4 is 22.0 Å². The van der Waals surface area contributed by atoms with Gasteiger partial charge in [-0.3, -0.25) is 14.5 Å². The summed E-state index contributed by atoms with van der Waals surface area (Å²) >= 11 is 3.12. The minimum Gasteiger partial charge on any atom is -0.400 e. The Morgan fingerprint density at radius 3 is 2.78 bits per heavy atom. The standard InChI is InChI=1S/C14H22N6OS2/c1-3-11(18-4-2)12-5-6-14(22-12)23-19-7-10(15)8-20(17)9-13(16)21/h3-6,8,19H,7,9,15,17H2,1-2H3,(H2,16,21)/b10-8-,11-3-,18-4?. The molecule has 126 valence electrons. The van der Waals surface area contributed by atoms with E-state index in [1.807, 2.05) is 32.1 Å². The first-order valence-corrected chi connectivity index (χ1v) is 8.50. The van der Waals surface area contributed by atoms with E-state index in [1.165, 1.54) is 18.1 Å². The number of carbonyl (C=O) groups is 1. The zero-order valence-electron chi connectivity index (χ0n) is 13.2. The molecule has 1 aromatic rings. The van der Waals surface area contributed by atoms with Crippen LogP contribution in [-0.4, -0.2) is 30.2 Å². The second-order valence-corrected chi connectivity index (χ2v) is 6.72. The maximum Gasteiger partial charge on any atom is 0.238 e. The Morgan fingerprint density at radius 1 is 1.43 bits per heavy atom. The second-order valence-electron chi connectivity index (χ2n) is 4.45. The largest absolute Gasteiger partial charge is 0.400 e. The van der Waals surface area contributed by atoms with E-state index in [2.05, 4.69) is 9.71 Å². The number of thiophene rings is 1. The van der Waals surface area contributed by atoms with Crippen LogP contribution in [-0.2, 0) is 4.79 Å². The molecular weight excluding hydrogens is 332 g/mol. The van der Waals surface area contributed by atoms with Crippen molar-refractivity contribution in [1.29, 1.82) is 0 Å². The van der Waals surface area contributed by atoms with Crippen LogP contribution in [0.5, 0.6) is 0 Å². The quantitative estimate of drug-likeness (QED) is 0.229. The number of hydrazine groups is 1. The predicted octanol–water partition coefficient (Wildman–Crippen LogP) is 1.26. The highest BCUT2D eigenvalue weighted by Crippen LogP contribution is 2.30. The van der Waals surface area contributed by atoms with E-state index in [-0.39, 0.29) is 6.54 Å². The number of carbonyl (C=O) groups excluding carboxylic acids is 1. The number of rotatable bonds is 9. The van der Waals surface area contributed by atoms with Gasteiger partial charge in [0.1, 0.15) is 6.54 Å². The number of amides is 1. The van der Waals surface area contributed by atoms with E-state index >= 15 is 0 Å². The molecule has 0 fully saturated rings. The summed E-state index contributed by atoms with van der Waals surface area (Å²) in [6.45, 7) is 4.20. The molecule has 1 amide bonds. The predicted molar refractivity (Wildman–Crippen MR) is 98.4 cm³/mol. The average molecular weight is 355 g/mol. The summed E-state index contributed by atoms with van der Waals surface area (Å²) in [4.78, 5) is 16.1. The number of aliphatic imine (C=N–C) groups is 1. The van der Waals surface area contributed by atoms with Gasteiger partial charge in [0.2, 0.25) is 5.91 Å². The fraction of sp³-hybridized carbons (Fsp3) is 0.286. The molecule has 0 spiro atoms. The molecule has 7 N–H and O–H groups in total. The summed E-state index contributed by atoms with van der Waals surface area (Å²) in [5.74, 6) is 5.05. The molecule has 0 aliphatic carbocycles. The topological polar surface area (TPSA) is 123 Å². The van der Waals surface area contributed by atoms with Gasteiger partial charge in [-0.1, -0.05) is 6.08 Å². The lowest BCUT2D eigenvalue weighted by Crippen LogP contribution is -2.36. The van der Waals surface area contributed by atoms with E-state index < -0.39 is 5.91 Å².